The Kier molecular flexibility index (Phi) is 9.91. The number of ether oxygens (including phenoxy) is 5. The fourth-order valence-electron chi connectivity index (χ4n) is 6.98. The Bertz CT molecular complexity index is 449. The summed E-state index contributed by atoms with van der Waals surface area (Å²) in [5, 5.41) is 0. The van der Waals surface area contributed by atoms with Gasteiger partial charge in [-0.1, -0.05) is 0 Å². The van der Waals surface area contributed by atoms with Crippen molar-refractivity contribution in [2.45, 2.75) is 51.4 Å². The van der Waals surface area contributed by atoms with E-state index < -0.39 is 0 Å². The van der Waals surface area contributed by atoms with E-state index in [1.807, 2.05) is 0 Å². The summed E-state index contributed by atoms with van der Waals surface area (Å²) in [4.78, 5) is 2.54. The van der Waals surface area contributed by atoms with E-state index in [9.17, 15) is 0 Å². The van der Waals surface area contributed by atoms with Crippen LogP contribution in [0.25, 0.3) is 0 Å². The molecule has 5 aliphatic rings. The van der Waals surface area contributed by atoms with Crippen molar-refractivity contribution < 1.29 is 23.7 Å². The molecule has 0 spiro atoms. The molecule has 4 aliphatic carbocycles. The van der Waals surface area contributed by atoms with Crippen molar-refractivity contribution in [3.05, 3.63) is 0 Å². The van der Waals surface area contributed by atoms with Gasteiger partial charge in [-0.15, -0.1) is 0 Å². The van der Waals surface area contributed by atoms with E-state index >= 15 is 0 Å². The van der Waals surface area contributed by atoms with Crippen LogP contribution in [-0.2, 0) is 23.7 Å². The van der Waals surface area contributed by atoms with Crippen LogP contribution in [-0.4, -0.2) is 90.6 Å². The van der Waals surface area contributed by atoms with Gasteiger partial charge in [-0.25, -0.2) is 0 Å². The quantitative estimate of drug-likeness (QED) is 0.669. The largest absolute Gasteiger partial charge is 0.378 e. The normalized spacial score (nSPS) is 37.4. The van der Waals surface area contributed by atoms with E-state index in [0.29, 0.717) is 58.3 Å². The third kappa shape index (κ3) is 7.94. The average molecular weight is 440 g/mol. The molecule has 0 aromatic carbocycles. The minimum absolute atomic E-state index is 0.609. The van der Waals surface area contributed by atoms with Crippen LogP contribution in [0.15, 0.2) is 0 Å². The maximum atomic E-state index is 5.82. The maximum absolute atomic E-state index is 5.82. The van der Waals surface area contributed by atoms with E-state index in [4.69, 9.17) is 23.7 Å². The second-order valence-electron chi connectivity index (χ2n) is 10.4. The van der Waals surface area contributed by atoms with Gasteiger partial charge in [-0.3, -0.25) is 4.90 Å². The fraction of sp³-hybridized carbons (Fsp3) is 1.00. The van der Waals surface area contributed by atoms with Crippen molar-refractivity contribution in [3.8, 4) is 0 Å². The summed E-state index contributed by atoms with van der Waals surface area (Å²) in [5.74, 6) is 3.17. The smallest absolute Gasteiger partial charge is 0.0701 e. The molecule has 6 nitrogen and oxygen atoms in total. The molecule has 5 rings (SSSR count). The van der Waals surface area contributed by atoms with Crippen LogP contribution in [0.3, 0.4) is 0 Å². The lowest BCUT2D eigenvalue weighted by Crippen LogP contribution is -2.46. The molecule has 31 heavy (non-hydrogen) atoms. The molecule has 180 valence electrons. The van der Waals surface area contributed by atoms with Gasteiger partial charge in [0.05, 0.1) is 66.1 Å². The average Bonchev–Trinajstić information content (AvgIpc) is 2.73. The standard InChI is InChI=1S/C25H45NO5/c1(2-25-19-22-16-23(20-25)18-24(17-22)21-25)3-26-4-6-27-8-10-29-12-14-31-15-13-30-11-9-28-7-5-26/h22-24H,1-21H2. The summed E-state index contributed by atoms with van der Waals surface area (Å²) < 4.78 is 28.2. The molecule has 5 fully saturated rings. The Morgan fingerprint density at radius 1 is 0.548 bits per heavy atom. The monoisotopic (exact) mass is 439 g/mol. The minimum Gasteiger partial charge on any atom is -0.378 e. The first-order valence-corrected chi connectivity index (χ1v) is 12.9. The first-order chi connectivity index (χ1) is 15.3. The van der Waals surface area contributed by atoms with Gasteiger partial charge < -0.3 is 23.7 Å². The summed E-state index contributed by atoms with van der Waals surface area (Å²) in [6.45, 7) is 9.67. The predicted octanol–water partition coefficient (Wildman–Crippen LogP) is 3.38. The summed E-state index contributed by atoms with van der Waals surface area (Å²) in [5.41, 5.74) is 0.691. The minimum atomic E-state index is 0.609. The molecular formula is C25H45NO5. The molecule has 0 atom stereocenters. The van der Waals surface area contributed by atoms with Gasteiger partial charge in [-0.2, -0.15) is 0 Å². The van der Waals surface area contributed by atoms with Crippen LogP contribution in [0.4, 0.5) is 0 Å². The molecule has 4 bridgehead atoms. The second kappa shape index (κ2) is 12.9. The molecule has 0 N–H and O–H groups in total. The summed E-state index contributed by atoms with van der Waals surface area (Å²) >= 11 is 0. The van der Waals surface area contributed by atoms with Gasteiger partial charge in [0.15, 0.2) is 0 Å². The highest BCUT2D eigenvalue weighted by Crippen LogP contribution is 2.61. The molecule has 0 unspecified atom stereocenters. The summed E-state index contributed by atoms with van der Waals surface area (Å²) in [6, 6.07) is 0. The van der Waals surface area contributed by atoms with Crippen LogP contribution >= 0.6 is 0 Å². The topological polar surface area (TPSA) is 49.4 Å². The fourth-order valence-corrected chi connectivity index (χ4v) is 6.98. The van der Waals surface area contributed by atoms with E-state index in [2.05, 4.69) is 4.90 Å². The van der Waals surface area contributed by atoms with E-state index in [-0.39, 0.29) is 0 Å². The predicted molar refractivity (Wildman–Crippen MR) is 120 cm³/mol. The van der Waals surface area contributed by atoms with E-state index in [1.54, 1.807) is 19.3 Å². The van der Waals surface area contributed by atoms with Crippen LogP contribution in [0.5, 0.6) is 0 Å². The zero-order chi connectivity index (χ0) is 21.2. The Hall–Kier alpha value is -0.240. The highest BCUT2D eigenvalue weighted by Gasteiger charge is 2.50. The Balaban J connectivity index is 1.17. The molecule has 1 heterocycles. The van der Waals surface area contributed by atoms with Crippen LogP contribution in [0.1, 0.15) is 51.4 Å². The van der Waals surface area contributed by atoms with Crippen molar-refractivity contribution in [1.29, 1.82) is 0 Å². The van der Waals surface area contributed by atoms with Gasteiger partial charge in [0.25, 0.3) is 0 Å². The van der Waals surface area contributed by atoms with Crippen LogP contribution in [0, 0.1) is 23.2 Å². The maximum Gasteiger partial charge on any atom is 0.0701 e. The molecule has 6 heteroatoms. The molecular weight excluding hydrogens is 394 g/mol. The molecule has 1 aliphatic heterocycles. The van der Waals surface area contributed by atoms with Crippen molar-refractivity contribution in [3.63, 3.8) is 0 Å². The SMILES string of the molecule is C(CN1CCOCCOCCOCCOCCOCC1)CC12CC3CC(CC(C3)C1)C2. The van der Waals surface area contributed by atoms with E-state index in [0.717, 1.165) is 44.1 Å². The summed E-state index contributed by atoms with van der Waals surface area (Å²) in [7, 11) is 0. The number of hydrogen-bond acceptors (Lipinski definition) is 6. The van der Waals surface area contributed by atoms with Gasteiger partial charge >= 0.3 is 0 Å². The summed E-state index contributed by atoms with van der Waals surface area (Å²) in [6.07, 6.45) is 11.9. The molecule has 0 aromatic rings. The third-order valence-electron chi connectivity index (χ3n) is 7.94. The van der Waals surface area contributed by atoms with Crippen molar-refractivity contribution in [1.82, 2.24) is 4.90 Å². The lowest BCUT2D eigenvalue weighted by atomic mass is 9.48. The highest BCUT2D eigenvalue weighted by molar-refractivity contribution is 5.01. The lowest BCUT2D eigenvalue weighted by Gasteiger charge is -2.57. The first-order valence-electron chi connectivity index (χ1n) is 12.9. The van der Waals surface area contributed by atoms with Gasteiger partial charge in [0.2, 0.25) is 0 Å². The Morgan fingerprint density at radius 3 is 1.35 bits per heavy atom. The highest BCUT2D eigenvalue weighted by atomic mass is 16.6. The molecule has 0 radical (unpaired) electrons. The molecule has 4 saturated carbocycles. The van der Waals surface area contributed by atoms with Crippen molar-refractivity contribution >= 4 is 0 Å². The second-order valence-corrected chi connectivity index (χ2v) is 10.4. The number of hydrogen-bond donors (Lipinski definition) is 0. The molecule has 1 saturated heterocycles. The molecule has 0 aromatic heterocycles. The van der Waals surface area contributed by atoms with Gasteiger partial charge in [-0.05, 0) is 81.1 Å². The Labute approximate surface area is 189 Å². The van der Waals surface area contributed by atoms with Crippen molar-refractivity contribution in [2.24, 2.45) is 23.2 Å². The zero-order valence-electron chi connectivity index (χ0n) is 19.6. The lowest BCUT2D eigenvalue weighted by molar-refractivity contribution is -0.0595. The van der Waals surface area contributed by atoms with Crippen LogP contribution in [0.2, 0.25) is 0 Å². The van der Waals surface area contributed by atoms with E-state index in [1.165, 1.54) is 38.6 Å². The van der Waals surface area contributed by atoms with Gasteiger partial charge in [0.1, 0.15) is 0 Å². The Morgan fingerprint density at radius 2 is 0.935 bits per heavy atom. The number of rotatable bonds is 4. The van der Waals surface area contributed by atoms with Gasteiger partial charge in [0, 0.05) is 13.1 Å². The van der Waals surface area contributed by atoms with Crippen LogP contribution < -0.4 is 0 Å². The zero-order valence-corrected chi connectivity index (χ0v) is 19.6. The third-order valence-corrected chi connectivity index (χ3v) is 7.94. The first kappa shape index (κ1) is 23.9. The molecule has 0 amide bonds. The number of nitrogens with zero attached hydrogens (tertiary/aromatic N) is 1. The van der Waals surface area contributed by atoms with Crippen molar-refractivity contribution in [2.75, 3.05) is 85.7 Å².